The van der Waals surface area contributed by atoms with Crippen LogP contribution in [0, 0.1) is 0 Å². The summed E-state index contributed by atoms with van der Waals surface area (Å²) in [6, 6.07) is 2.52. The molecule has 0 atom stereocenters. The second-order valence-corrected chi connectivity index (χ2v) is 3.96. The number of Topliss-reactive ketones (excluding diaryl/α,β-unsaturated/α-hetero) is 1. The SMILES string of the molecule is CC(=O)c1cc(OC(F)F)c(Br)cc1Cl. The molecule has 0 saturated heterocycles. The highest BCUT2D eigenvalue weighted by molar-refractivity contribution is 9.10. The molecule has 0 amide bonds. The number of halogens is 4. The Morgan fingerprint density at radius 3 is 2.60 bits per heavy atom. The summed E-state index contributed by atoms with van der Waals surface area (Å²) < 4.78 is 28.4. The number of alkyl halides is 2. The first kappa shape index (κ1) is 12.4. The number of carbonyl (C=O) groups excluding carboxylic acids is 1. The molecular weight excluding hydrogens is 293 g/mol. The summed E-state index contributed by atoms with van der Waals surface area (Å²) >= 11 is 8.74. The highest BCUT2D eigenvalue weighted by Crippen LogP contribution is 2.32. The molecule has 0 spiro atoms. The van der Waals surface area contributed by atoms with E-state index in [0.717, 1.165) is 0 Å². The summed E-state index contributed by atoms with van der Waals surface area (Å²) in [5.74, 6) is -0.425. The number of hydrogen-bond donors (Lipinski definition) is 0. The predicted molar refractivity (Wildman–Crippen MR) is 55.8 cm³/mol. The lowest BCUT2D eigenvalue weighted by Gasteiger charge is -2.09. The number of carbonyl (C=O) groups is 1. The minimum Gasteiger partial charge on any atom is -0.434 e. The lowest BCUT2D eigenvalue weighted by molar-refractivity contribution is -0.0503. The molecular formula is C9H6BrClF2O2. The molecule has 1 rings (SSSR count). The number of ether oxygens (including phenoxy) is 1. The molecule has 1 aromatic carbocycles. The van der Waals surface area contributed by atoms with E-state index in [1.807, 2.05) is 0 Å². The average Bonchev–Trinajstić information content (AvgIpc) is 2.08. The fourth-order valence-corrected chi connectivity index (χ4v) is 1.85. The second kappa shape index (κ2) is 4.90. The van der Waals surface area contributed by atoms with Gasteiger partial charge in [-0.3, -0.25) is 4.79 Å². The van der Waals surface area contributed by atoms with Crippen molar-refractivity contribution in [2.75, 3.05) is 0 Å². The first-order chi connectivity index (χ1) is 6.91. The quantitative estimate of drug-likeness (QED) is 0.791. The Balaban J connectivity index is 3.17. The van der Waals surface area contributed by atoms with Crippen LogP contribution in [0.4, 0.5) is 8.78 Å². The van der Waals surface area contributed by atoms with Crippen molar-refractivity contribution in [3.05, 3.63) is 27.2 Å². The molecule has 6 heteroatoms. The van der Waals surface area contributed by atoms with Crippen molar-refractivity contribution in [3.8, 4) is 5.75 Å². The maximum atomic E-state index is 12.0. The van der Waals surface area contributed by atoms with Crippen molar-refractivity contribution in [1.29, 1.82) is 0 Å². The minimum absolute atomic E-state index is 0.111. The molecule has 0 fully saturated rings. The molecule has 15 heavy (non-hydrogen) atoms. The molecule has 0 saturated carbocycles. The molecule has 0 aliphatic heterocycles. The van der Waals surface area contributed by atoms with Crippen LogP contribution in [0.15, 0.2) is 16.6 Å². The van der Waals surface area contributed by atoms with Crippen LogP contribution in [-0.4, -0.2) is 12.4 Å². The normalized spacial score (nSPS) is 10.5. The minimum atomic E-state index is -2.94. The van der Waals surface area contributed by atoms with E-state index in [2.05, 4.69) is 20.7 Å². The van der Waals surface area contributed by atoms with Gasteiger partial charge in [-0.05, 0) is 35.0 Å². The Bertz CT molecular complexity index is 396. The largest absolute Gasteiger partial charge is 0.434 e. The van der Waals surface area contributed by atoms with Crippen LogP contribution in [0.5, 0.6) is 5.75 Å². The number of ketones is 1. The fourth-order valence-electron chi connectivity index (χ4n) is 0.985. The maximum absolute atomic E-state index is 12.0. The van der Waals surface area contributed by atoms with E-state index in [-0.39, 0.29) is 26.6 Å². The molecule has 0 heterocycles. The van der Waals surface area contributed by atoms with Crippen LogP contribution < -0.4 is 4.74 Å². The molecule has 0 unspecified atom stereocenters. The standard InChI is InChI=1S/C9H6BrClF2O2/c1-4(14)5-2-8(15-9(12)13)6(10)3-7(5)11/h2-3,9H,1H3. The smallest absolute Gasteiger partial charge is 0.387 e. The van der Waals surface area contributed by atoms with E-state index < -0.39 is 6.61 Å². The molecule has 2 nitrogen and oxygen atoms in total. The number of rotatable bonds is 3. The third-order valence-corrected chi connectivity index (χ3v) is 2.55. The van der Waals surface area contributed by atoms with E-state index >= 15 is 0 Å². The molecule has 0 N–H and O–H groups in total. The fraction of sp³-hybridized carbons (Fsp3) is 0.222. The lowest BCUT2D eigenvalue weighted by Crippen LogP contribution is -2.04. The van der Waals surface area contributed by atoms with Crippen molar-refractivity contribution in [2.45, 2.75) is 13.5 Å². The van der Waals surface area contributed by atoms with Gasteiger partial charge in [0.15, 0.2) is 5.78 Å². The van der Waals surface area contributed by atoms with Crippen molar-refractivity contribution in [2.24, 2.45) is 0 Å². The molecule has 0 aromatic heterocycles. The molecule has 1 aromatic rings. The van der Waals surface area contributed by atoms with E-state index in [1.54, 1.807) is 0 Å². The van der Waals surface area contributed by atoms with Crippen LogP contribution in [0.3, 0.4) is 0 Å². The Hall–Kier alpha value is -0.680. The maximum Gasteiger partial charge on any atom is 0.387 e. The molecule has 0 radical (unpaired) electrons. The van der Waals surface area contributed by atoms with Gasteiger partial charge in [-0.25, -0.2) is 0 Å². The van der Waals surface area contributed by atoms with E-state index in [9.17, 15) is 13.6 Å². The zero-order chi connectivity index (χ0) is 11.6. The Kier molecular flexibility index (Phi) is 4.04. The summed E-state index contributed by atoms with van der Waals surface area (Å²) in [4.78, 5) is 11.1. The van der Waals surface area contributed by atoms with Gasteiger partial charge in [-0.2, -0.15) is 8.78 Å². The molecule has 0 aliphatic carbocycles. The summed E-state index contributed by atoms with van der Waals surface area (Å²) in [6.07, 6.45) is 0. The van der Waals surface area contributed by atoms with E-state index in [0.29, 0.717) is 0 Å². The van der Waals surface area contributed by atoms with Gasteiger partial charge in [0.2, 0.25) is 0 Å². The van der Waals surface area contributed by atoms with Gasteiger partial charge in [0.05, 0.1) is 9.50 Å². The molecule has 82 valence electrons. The first-order valence-corrected chi connectivity index (χ1v) is 5.03. The van der Waals surface area contributed by atoms with Crippen LogP contribution in [0.25, 0.3) is 0 Å². The summed E-state index contributed by atoms with van der Waals surface area (Å²) in [6.45, 7) is -1.65. The first-order valence-electron chi connectivity index (χ1n) is 3.86. The zero-order valence-electron chi connectivity index (χ0n) is 7.56. The predicted octanol–water partition coefficient (Wildman–Crippen LogP) is 3.91. The number of hydrogen-bond acceptors (Lipinski definition) is 2. The summed E-state index contributed by atoms with van der Waals surface area (Å²) in [7, 11) is 0. The summed E-state index contributed by atoms with van der Waals surface area (Å²) in [5.41, 5.74) is 0.149. The monoisotopic (exact) mass is 298 g/mol. The number of benzene rings is 1. The van der Waals surface area contributed by atoms with Gasteiger partial charge in [0.25, 0.3) is 0 Å². The van der Waals surface area contributed by atoms with Gasteiger partial charge in [-0.15, -0.1) is 0 Å². The summed E-state index contributed by atoms with van der Waals surface area (Å²) in [5, 5.41) is 0.191. The van der Waals surface area contributed by atoms with Gasteiger partial charge in [0.1, 0.15) is 5.75 Å². The van der Waals surface area contributed by atoms with Gasteiger partial charge < -0.3 is 4.74 Å². The Morgan fingerprint density at radius 1 is 1.53 bits per heavy atom. The Labute approximate surface area is 98.3 Å². The van der Waals surface area contributed by atoms with Crippen molar-refractivity contribution >= 4 is 33.3 Å². The zero-order valence-corrected chi connectivity index (χ0v) is 9.90. The van der Waals surface area contributed by atoms with Crippen molar-refractivity contribution in [3.63, 3.8) is 0 Å². The van der Waals surface area contributed by atoms with E-state index in [1.165, 1.54) is 19.1 Å². The van der Waals surface area contributed by atoms with Crippen molar-refractivity contribution < 1.29 is 18.3 Å². The van der Waals surface area contributed by atoms with Crippen molar-refractivity contribution in [1.82, 2.24) is 0 Å². The second-order valence-electron chi connectivity index (χ2n) is 2.70. The molecule has 0 bridgehead atoms. The third-order valence-electron chi connectivity index (χ3n) is 1.62. The van der Waals surface area contributed by atoms with Gasteiger partial charge in [-0.1, -0.05) is 11.6 Å². The van der Waals surface area contributed by atoms with Crippen LogP contribution in [0.1, 0.15) is 17.3 Å². The van der Waals surface area contributed by atoms with E-state index in [4.69, 9.17) is 11.6 Å². The topological polar surface area (TPSA) is 26.3 Å². The highest BCUT2D eigenvalue weighted by Gasteiger charge is 2.14. The third kappa shape index (κ3) is 3.14. The van der Waals surface area contributed by atoms with Crippen LogP contribution in [0.2, 0.25) is 5.02 Å². The molecule has 0 aliphatic rings. The average molecular weight is 299 g/mol. The van der Waals surface area contributed by atoms with Gasteiger partial charge >= 0.3 is 6.61 Å². The lowest BCUT2D eigenvalue weighted by atomic mass is 10.1. The van der Waals surface area contributed by atoms with Crippen LogP contribution in [-0.2, 0) is 0 Å². The Morgan fingerprint density at radius 2 is 2.13 bits per heavy atom. The van der Waals surface area contributed by atoms with Gasteiger partial charge in [0, 0.05) is 5.56 Å². The van der Waals surface area contributed by atoms with Crippen LogP contribution >= 0.6 is 27.5 Å². The highest BCUT2D eigenvalue weighted by atomic mass is 79.9.